The zero-order chi connectivity index (χ0) is 13.1. The fourth-order valence-corrected chi connectivity index (χ4v) is 1.57. The Kier molecular flexibility index (Phi) is 3.47. The Hall–Kier alpha value is -2.08. The van der Waals surface area contributed by atoms with Gasteiger partial charge < -0.3 is 10.5 Å². The van der Waals surface area contributed by atoms with Gasteiger partial charge in [0.25, 0.3) is 5.56 Å². The van der Waals surface area contributed by atoms with Gasteiger partial charge in [0.1, 0.15) is 5.82 Å². The van der Waals surface area contributed by atoms with Crippen LogP contribution in [0.5, 0.6) is 5.88 Å². The number of nitrogen functional groups attached to an aromatic ring is 1. The summed E-state index contributed by atoms with van der Waals surface area (Å²) in [5.41, 5.74) is 5.79. The van der Waals surface area contributed by atoms with Crippen molar-refractivity contribution in [1.82, 2.24) is 14.8 Å². The average Bonchev–Trinajstić information content (AvgIpc) is 2.36. The first-order valence-corrected chi connectivity index (χ1v) is 5.51. The molecule has 0 amide bonds. The van der Waals surface area contributed by atoms with E-state index in [0.717, 1.165) is 0 Å². The van der Waals surface area contributed by atoms with Crippen molar-refractivity contribution in [2.24, 2.45) is 0 Å². The number of rotatable bonds is 3. The van der Waals surface area contributed by atoms with E-state index in [4.69, 9.17) is 22.1 Å². The monoisotopic (exact) mass is 266 g/mol. The van der Waals surface area contributed by atoms with E-state index in [2.05, 4.69) is 10.1 Å². The molecule has 18 heavy (non-hydrogen) atoms. The molecule has 0 spiro atoms. The molecule has 7 heteroatoms. The predicted octanol–water partition coefficient (Wildman–Crippen LogP) is 0.931. The normalized spacial score (nSPS) is 10.3. The van der Waals surface area contributed by atoms with Gasteiger partial charge in [0, 0.05) is 12.1 Å². The molecule has 0 aliphatic rings. The number of nitrogens with two attached hydrogens (primary N) is 1. The van der Waals surface area contributed by atoms with Crippen LogP contribution in [0.25, 0.3) is 0 Å². The summed E-state index contributed by atoms with van der Waals surface area (Å²) in [4.78, 5) is 15.7. The summed E-state index contributed by atoms with van der Waals surface area (Å²) >= 11 is 5.98. The molecule has 2 aromatic rings. The maximum Gasteiger partial charge on any atom is 0.267 e. The van der Waals surface area contributed by atoms with Crippen molar-refractivity contribution >= 4 is 17.4 Å². The molecule has 0 fully saturated rings. The van der Waals surface area contributed by atoms with E-state index in [1.807, 2.05) is 0 Å². The van der Waals surface area contributed by atoms with Crippen molar-refractivity contribution in [3.63, 3.8) is 0 Å². The van der Waals surface area contributed by atoms with Crippen LogP contribution in [0.3, 0.4) is 0 Å². The second-order valence-corrected chi connectivity index (χ2v) is 3.94. The zero-order valence-electron chi connectivity index (χ0n) is 9.63. The van der Waals surface area contributed by atoms with Gasteiger partial charge in [0.2, 0.25) is 5.88 Å². The number of hydrogen-bond acceptors (Lipinski definition) is 5. The fraction of sp³-hybridized carbons (Fsp3) is 0.182. The maximum absolute atomic E-state index is 11.6. The van der Waals surface area contributed by atoms with E-state index >= 15 is 0 Å². The van der Waals surface area contributed by atoms with Crippen molar-refractivity contribution in [1.29, 1.82) is 0 Å². The largest absolute Gasteiger partial charge is 0.480 e. The number of ether oxygens (including phenoxy) is 1. The Morgan fingerprint density at radius 3 is 2.89 bits per heavy atom. The maximum atomic E-state index is 11.6. The zero-order valence-corrected chi connectivity index (χ0v) is 10.4. The van der Waals surface area contributed by atoms with Crippen molar-refractivity contribution < 1.29 is 4.74 Å². The summed E-state index contributed by atoms with van der Waals surface area (Å²) in [6.45, 7) is 0.139. The highest BCUT2D eigenvalue weighted by atomic mass is 35.5. The second-order valence-electron chi connectivity index (χ2n) is 3.54. The van der Waals surface area contributed by atoms with Crippen LogP contribution in [0.15, 0.2) is 29.1 Å². The smallest absolute Gasteiger partial charge is 0.267 e. The fourth-order valence-electron chi connectivity index (χ4n) is 1.41. The Morgan fingerprint density at radius 2 is 2.17 bits per heavy atom. The van der Waals surface area contributed by atoms with Gasteiger partial charge in [-0.1, -0.05) is 11.6 Å². The summed E-state index contributed by atoms with van der Waals surface area (Å²) in [5.74, 6) is 0.681. The van der Waals surface area contributed by atoms with Crippen LogP contribution < -0.4 is 16.0 Å². The molecule has 0 radical (unpaired) electrons. The van der Waals surface area contributed by atoms with E-state index in [1.165, 1.54) is 23.9 Å². The number of hydrogen-bond donors (Lipinski definition) is 1. The molecule has 6 nitrogen and oxygen atoms in total. The molecule has 2 aromatic heterocycles. The highest BCUT2D eigenvalue weighted by Crippen LogP contribution is 2.15. The lowest BCUT2D eigenvalue weighted by atomic mass is 10.3. The quantitative estimate of drug-likeness (QED) is 0.894. The van der Waals surface area contributed by atoms with Gasteiger partial charge in [-0.2, -0.15) is 0 Å². The third kappa shape index (κ3) is 2.60. The van der Waals surface area contributed by atoms with Crippen LogP contribution in [0.2, 0.25) is 5.02 Å². The van der Waals surface area contributed by atoms with Crippen LogP contribution in [0.4, 0.5) is 5.82 Å². The Bertz CT molecular complexity index is 627. The summed E-state index contributed by atoms with van der Waals surface area (Å²) < 4.78 is 6.17. The Balaban J connectivity index is 2.39. The first kappa shape index (κ1) is 12.4. The van der Waals surface area contributed by atoms with Gasteiger partial charge in [-0.25, -0.2) is 9.67 Å². The van der Waals surface area contributed by atoms with Gasteiger partial charge >= 0.3 is 0 Å². The minimum atomic E-state index is -0.268. The van der Waals surface area contributed by atoms with Gasteiger partial charge in [-0.3, -0.25) is 4.79 Å². The van der Waals surface area contributed by atoms with E-state index in [9.17, 15) is 4.79 Å². The third-order valence-electron chi connectivity index (χ3n) is 2.29. The molecule has 0 saturated heterocycles. The van der Waals surface area contributed by atoms with E-state index < -0.39 is 0 Å². The van der Waals surface area contributed by atoms with Crippen molar-refractivity contribution in [3.8, 4) is 5.88 Å². The summed E-state index contributed by atoms with van der Waals surface area (Å²) in [5, 5.41) is 4.43. The van der Waals surface area contributed by atoms with E-state index in [1.54, 1.807) is 12.1 Å². The molecule has 0 aliphatic heterocycles. The molecule has 0 atom stereocenters. The van der Waals surface area contributed by atoms with Crippen molar-refractivity contribution in [3.05, 3.63) is 45.3 Å². The molecule has 0 bridgehead atoms. The summed E-state index contributed by atoms with van der Waals surface area (Å²) in [6.07, 6.45) is 0. The highest BCUT2D eigenvalue weighted by molar-refractivity contribution is 6.31. The highest BCUT2D eigenvalue weighted by Gasteiger charge is 2.07. The third-order valence-corrected chi connectivity index (χ3v) is 2.64. The molecule has 0 saturated carbocycles. The molecule has 2 heterocycles. The lowest BCUT2D eigenvalue weighted by Gasteiger charge is -2.07. The first-order valence-electron chi connectivity index (χ1n) is 5.13. The first-order chi connectivity index (χ1) is 8.60. The molecule has 0 aliphatic carbocycles. The standard InChI is InChI=1S/C11H11ClN4O2/c1-18-10-4-5-11(17)16(15-10)6-8-7(12)2-3-9(13)14-8/h2-5H,6H2,1H3,(H2,13,14). The molecule has 94 valence electrons. The molecular formula is C11H11ClN4O2. The SMILES string of the molecule is COc1ccc(=O)n(Cc2nc(N)ccc2Cl)n1. The minimum Gasteiger partial charge on any atom is -0.480 e. The number of halogens is 1. The lowest BCUT2D eigenvalue weighted by molar-refractivity contribution is 0.378. The van der Waals surface area contributed by atoms with Gasteiger partial charge in [0.05, 0.1) is 24.4 Å². The second kappa shape index (κ2) is 5.05. The van der Waals surface area contributed by atoms with Crippen LogP contribution in [0.1, 0.15) is 5.69 Å². The number of nitrogens with zero attached hydrogens (tertiary/aromatic N) is 3. The summed E-state index contributed by atoms with van der Waals surface area (Å²) in [6, 6.07) is 6.08. The van der Waals surface area contributed by atoms with Crippen LogP contribution >= 0.6 is 11.6 Å². The topological polar surface area (TPSA) is 83.0 Å². The van der Waals surface area contributed by atoms with E-state index in [0.29, 0.717) is 22.4 Å². The van der Waals surface area contributed by atoms with Crippen LogP contribution in [0, 0.1) is 0 Å². The van der Waals surface area contributed by atoms with E-state index in [-0.39, 0.29) is 12.1 Å². The van der Waals surface area contributed by atoms with Crippen molar-refractivity contribution in [2.45, 2.75) is 6.54 Å². The molecule has 0 aromatic carbocycles. The number of pyridine rings is 1. The van der Waals surface area contributed by atoms with Gasteiger partial charge in [-0.05, 0) is 12.1 Å². The number of anilines is 1. The van der Waals surface area contributed by atoms with Crippen LogP contribution in [-0.2, 0) is 6.54 Å². The lowest BCUT2D eigenvalue weighted by Crippen LogP contribution is -2.23. The molecule has 0 unspecified atom stereocenters. The summed E-state index contributed by atoms with van der Waals surface area (Å²) in [7, 11) is 1.48. The predicted molar refractivity (Wildman–Crippen MR) is 67.8 cm³/mol. The Labute approximate surface area is 108 Å². The molecule has 2 N–H and O–H groups in total. The van der Waals surface area contributed by atoms with Gasteiger partial charge in [-0.15, -0.1) is 5.10 Å². The van der Waals surface area contributed by atoms with Crippen molar-refractivity contribution in [2.75, 3.05) is 12.8 Å². The Morgan fingerprint density at radius 1 is 1.39 bits per heavy atom. The minimum absolute atomic E-state index is 0.139. The van der Waals surface area contributed by atoms with Crippen LogP contribution in [-0.4, -0.2) is 21.9 Å². The molecular weight excluding hydrogens is 256 g/mol. The number of aromatic nitrogens is 3. The number of methoxy groups -OCH3 is 1. The molecule has 2 rings (SSSR count). The average molecular weight is 267 g/mol. The van der Waals surface area contributed by atoms with Gasteiger partial charge in [0.15, 0.2) is 0 Å².